The molecule has 0 saturated heterocycles. The normalized spacial score (nSPS) is 20.5. The second-order valence-electron chi connectivity index (χ2n) is 5.50. The van der Waals surface area contributed by atoms with Gasteiger partial charge in [-0.15, -0.1) is 0 Å². The van der Waals surface area contributed by atoms with Crippen molar-refractivity contribution < 1.29 is 0 Å². The molecule has 21 heavy (non-hydrogen) atoms. The molecule has 0 aromatic heterocycles. The molecule has 1 aromatic rings. The highest BCUT2D eigenvalue weighted by Gasteiger charge is 2.27. The van der Waals surface area contributed by atoms with Gasteiger partial charge in [0.25, 0.3) is 0 Å². The summed E-state index contributed by atoms with van der Waals surface area (Å²) in [5.41, 5.74) is 4.25. The number of hydrogen-bond acceptors (Lipinski definition) is 4. The van der Waals surface area contributed by atoms with E-state index in [0.29, 0.717) is 5.16 Å². The summed E-state index contributed by atoms with van der Waals surface area (Å²) < 4.78 is 0. The van der Waals surface area contributed by atoms with E-state index in [0.717, 1.165) is 30.1 Å². The first-order valence-electron chi connectivity index (χ1n) is 7.23. The number of rotatable bonds is 2. The van der Waals surface area contributed by atoms with Gasteiger partial charge in [-0.25, -0.2) is 9.98 Å². The van der Waals surface area contributed by atoms with Crippen molar-refractivity contribution in [3.63, 3.8) is 0 Å². The predicted octanol–water partition coefficient (Wildman–Crippen LogP) is 3.85. The molecule has 0 radical (unpaired) electrons. The van der Waals surface area contributed by atoms with E-state index in [4.69, 9.17) is 16.6 Å². The number of aryl methyl sites for hydroxylation is 1. The minimum atomic E-state index is 0.206. The van der Waals surface area contributed by atoms with Gasteiger partial charge in [-0.05, 0) is 25.0 Å². The molecule has 2 aliphatic heterocycles. The van der Waals surface area contributed by atoms with Crippen LogP contribution in [0.5, 0.6) is 0 Å². The van der Waals surface area contributed by atoms with E-state index in [2.05, 4.69) is 42.4 Å². The Morgan fingerprint density at radius 2 is 2.19 bits per heavy atom. The van der Waals surface area contributed by atoms with Crippen molar-refractivity contribution in [2.75, 3.05) is 7.05 Å². The van der Waals surface area contributed by atoms with Crippen LogP contribution in [0.15, 0.2) is 39.0 Å². The lowest BCUT2D eigenvalue weighted by molar-refractivity contribution is 0.551. The maximum absolute atomic E-state index is 6.28. The molecule has 110 valence electrons. The van der Waals surface area contributed by atoms with Crippen molar-refractivity contribution in [1.82, 2.24) is 10.2 Å². The van der Waals surface area contributed by atoms with Crippen molar-refractivity contribution in [1.29, 1.82) is 0 Å². The smallest absolute Gasteiger partial charge is 0.160 e. The third-order valence-electron chi connectivity index (χ3n) is 3.79. The van der Waals surface area contributed by atoms with Crippen molar-refractivity contribution in [3.05, 3.63) is 40.2 Å². The molecule has 1 N–H and O–H groups in total. The second kappa shape index (κ2) is 5.53. The Balaban J connectivity index is 2.17. The van der Waals surface area contributed by atoms with Crippen LogP contribution >= 0.6 is 11.6 Å². The van der Waals surface area contributed by atoms with Gasteiger partial charge < -0.3 is 10.2 Å². The number of hydrogen-bond donors (Lipinski definition) is 1. The fourth-order valence-electron chi connectivity index (χ4n) is 2.71. The first kappa shape index (κ1) is 14.1. The summed E-state index contributed by atoms with van der Waals surface area (Å²) in [6, 6.07) is 6.63. The molecule has 0 saturated carbocycles. The zero-order chi connectivity index (χ0) is 15.0. The molecule has 3 rings (SSSR count). The van der Waals surface area contributed by atoms with Crippen LogP contribution in [0.1, 0.15) is 36.9 Å². The van der Waals surface area contributed by atoms with Gasteiger partial charge in [-0.2, -0.15) is 0 Å². The zero-order valence-corrected chi connectivity index (χ0v) is 13.3. The van der Waals surface area contributed by atoms with Crippen LogP contribution < -0.4 is 5.32 Å². The number of halogens is 1. The van der Waals surface area contributed by atoms with E-state index in [-0.39, 0.29) is 6.04 Å². The lowest BCUT2D eigenvalue weighted by atomic mass is 9.99. The fourth-order valence-corrected chi connectivity index (χ4v) is 2.89. The molecule has 0 spiro atoms. The lowest BCUT2D eigenvalue weighted by Gasteiger charge is -2.25. The SMILES string of the molecule is CCCC1NC2=C(Cl)N=CN(C)C2=Nc2cc(C)ccc21. The quantitative estimate of drug-likeness (QED) is 0.843. The number of fused-ring (bicyclic) bond motifs is 2. The largest absolute Gasteiger partial charge is 0.373 e. The summed E-state index contributed by atoms with van der Waals surface area (Å²) in [6.45, 7) is 4.27. The first-order chi connectivity index (χ1) is 10.1. The third-order valence-corrected chi connectivity index (χ3v) is 4.08. The highest BCUT2D eigenvalue weighted by atomic mass is 35.5. The van der Waals surface area contributed by atoms with Crippen LogP contribution in [0.4, 0.5) is 5.69 Å². The van der Waals surface area contributed by atoms with Crippen LogP contribution in [-0.4, -0.2) is 24.1 Å². The number of aliphatic imine (C=N–C) groups is 2. The monoisotopic (exact) mass is 302 g/mol. The Bertz CT molecular complexity index is 660. The van der Waals surface area contributed by atoms with Gasteiger partial charge in [0.15, 0.2) is 11.0 Å². The Morgan fingerprint density at radius 3 is 2.95 bits per heavy atom. The van der Waals surface area contributed by atoms with Crippen molar-refractivity contribution in [2.24, 2.45) is 9.98 Å². The van der Waals surface area contributed by atoms with Crippen molar-refractivity contribution in [2.45, 2.75) is 32.7 Å². The Hall–Kier alpha value is -1.81. The molecule has 5 heteroatoms. The van der Waals surface area contributed by atoms with Crippen LogP contribution in [0, 0.1) is 6.92 Å². The minimum Gasteiger partial charge on any atom is -0.373 e. The van der Waals surface area contributed by atoms with E-state index >= 15 is 0 Å². The average Bonchev–Trinajstić information content (AvgIpc) is 2.61. The predicted molar refractivity (Wildman–Crippen MR) is 88.2 cm³/mol. The van der Waals surface area contributed by atoms with Gasteiger partial charge in [0, 0.05) is 12.6 Å². The summed E-state index contributed by atoms with van der Waals surface area (Å²) in [6.07, 6.45) is 3.81. The highest BCUT2D eigenvalue weighted by Crippen LogP contribution is 2.35. The standard InChI is InChI=1S/C16H19ClN4/c1-4-5-12-11-7-6-10(2)8-13(11)20-16-14(19-12)15(17)18-9-21(16)3/h6-9,12,19H,4-5H2,1-3H3. The summed E-state index contributed by atoms with van der Waals surface area (Å²) in [5, 5.41) is 4.01. The molecular weight excluding hydrogens is 284 g/mol. The van der Waals surface area contributed by atoms with Crippen molar-refractivity contribution in [3.8, 4) is 0 Å². The maximum Gasteiger partial charge on any atom is 0.160 e. The van der Waals surface area contributed by atoms with E-state index < -0.39 is 0 Å². The molecule has 1 unspecified atom stereocenters. The number of benzene rings is 1. The Morgan fingerprint density at radius 1 is 1.38 bits per heavy atom. The van der Waals surface area contributed by atoms with E-state index in [9.17, 15) is 0 Å². The topological polar surface area (TPSA) is 40.0 Å². The van der Waals surface area contributed by atoms with Gasteiger partial charge in [-0.1, -0.05) is 37.1 Å². The number of nitrogens with one attached hydrogen (secondary N) is 1. The highest BCUT2D eigenvalue weighted by molar-refractivity contribution is 6.33. The van der Waals surface area contributed by atoms with Gasteiger partial charge in [0.2, 0.25) is 0 Å². The van der Waals surface area contributed by atoms with Crippen LogP contribution in [0.3, 0.4) is 0 Å². The van der Waals surface area contributed by atoms with E-state index in [1.807, 2.05) is 11.9 Å². The fraction of sp³-hybridized carbons (Fsp3) is 0.375. The van der Waals surface area contributed by atoms with Crippen LogP contribution in [0.25, 0.3) is 0 Å². The molecule has 2 heterocycles. The van der Waals surface area contributed by atoms with Gasteiger partial charge in [0.1, 0.15) is 5.70 Å². The number of nitrogens with zero attached hydrogens (tertiary/aromatic N) is 3. The average molecular weight is 303 g/mol. The van der Waals surface area contributed by atoms with Gasteiger partial charge in [0.05, 0.1) is 18.1 Å². The zero-order valence-electron chi connectivity index (χ0n) is 12.5. The number of amidine groups is 1. The molecule has 0 fully saturated rings. The molecule has 0 bridgehead atoms. The van der Waals surface area contributed by atoms with E-state index in [1.54, 1.807) is 6.34 Å². The summed E-state index contributed by atoms with van der Waals surface area (Å²) in [5.74, 6) is 0.820. The molecule has 2 aliphatic rings. The van der Waals surface area contributed by atoms with Gasteiger partial charge >= 0.3 is 0 Å². The van der Waals surface area contributed by atoms with Crippen LogP contribution in [0.2, 0.25) is 0 Å². The van der Waals surface area contributed by atoms with Gasteiger partial charge in [-0.3, -0.25) is 0 Å². The van der Waals surface area contributed by atoms with Crippen LogP contribution in [-0.2, 0) is 0 Å². The molecule has 4 nitrogen and oxygen atoms in total. The second-order valence-corrected chi connectivity index (χ2v) is 5.86. The molecule has 1 atom stereocenters. The third kappa shape index (κ3) is 2.56. The maximum atomic E-state index is 6.28. The van der Waals surface area contributed by atoms with Crippen molar-refractivity contribution >= 4 is 29.5 Å². The first-order valence-corrected chi connectivity index (χ1v) is 7.61. The Kier molecular flexibility index (Phi) is 3.72. The molecule has 0 amide bonds. The van der Waals surface area contributed by atoms with E-state index in [1.165, 1.54) is 11.1 Å². The molecule has 0 aliphatic carbocycles. The molecule has 1 aromatic carbocycles. The lowest BCUT2D eigenvalue weighted by Crippen LogP contribution is -2.36. The number of likely N-dealkylation sites (N-methyl/N-ethyl adjacent to an activating group) is 1. The molecular formula is C16H19ClN4. The minimum absolute atomic E-state index is 0.206. The summed E-state index contributed by atoms with van der Waals surface area (Å²) >= 11 is 6.28. The summed E-state index contributed by atoms with van der Waals surface area (Å²) in [7, 11) is 1.93. The Labute approximate surface area is 130 Å². The summed E-state index contributed by atoms with van der Waals surface area (Å²) in [4.78, 5) is 10.9.